The van der Waals surface area contributed by atoms with Crippen LogP contribution in [0.5, 0.6) is 0 Å². The molecule has 0 aliphatic heterocycles. The van der Waals surface area contributed by atoms with Gasteiger partial charge in [0.15, 0.2) is 0 Å². The second-order valence-corrected chi connectivity index (χ2v) is 1.81. The number of hydrogen-bond donors (Lipinski definition) is 0. The van der Waals surface area contributed by atoms with Gasteiger partial charge >= 0.3 is 0 Å². The van der Waals surface area contributed by atoms with E-state index in [-0.39, 0.29) is 80.3 Å². The molecule has 0 aliphatic carbocycles. The first-order chi connectivity index (χ1) is 4.72. The predicted octanol–water partition coefficient (Wildman–Crippen LogP) is 0.827. The van der Waals surface area contributed by atoms with Crippen molar-refractivity contribution < 1.29 is 84.5 Å². The van der Waals surface area contributed by atoms with E-state index in [9.17, 15) is 9.59 Å². The molecule has 2 unspecified atom stereocenters. The Kier molecular flexibility index (Phi) is 41.4. The minimum Gasteiger partial charge on any atom is -0.648 e. The maximum absolute atomic E-state index is 9.62. The molecule has 80 valence electrons. The summed E-state index contributed by atoms with van der Waals surface area (Å²) in [4.78, 5) is 19.2. The van der Waals surface area contributed by atoms with Gasteiger partial charge in [-0.25, -0.2) is 0 Å². The van der Waals surface area contributed by atoms with E-state index >= 15 is 0 Å². The quantitative estimate of drug-likeness (QED) is 0.688. The minimum absolute atomic E-state index is 0. The van der Waals surface area contributed by atoms with Crippen LogP contribution in [0.2, 0.25) is 0 Å². The van der Waals surface area contributed by atoms with Crippen LogP contribution in [0.1, 0.15) is 13.8 Å². The van der Waals surface area contributed by atoms with Crippen LogP contribution >= 0.6 is 0 Å². The normalized spacial score (nSPS) is 10.7. The van der Waals surface area contributed by atoms with Crippen molar-refractivity contribution in [2.75, 3.05) is 0 Å². The molecule has 0 heterocycles. The SMILES string of the molecule is CC(O[C-]=O)C(C)O[C-]=O.[CH3-].[CH3-].[Y].[Y]. The molecule has 0 bridgehead atoms. The summed E-state index contributed by atoms with van der Waals surface area (Å²) in [6.07, 6.45) is -0.946. The largest absolute Gasteiger partial charge is 0.648 e. The van der Waals surface area contributed by atoms with E-state index in [1.807, 2.05) is 0 Å². The summed E-state index contributed by atoms with van der Waals surface area (Å²) in [7, 11) is 0. The van der Waals surface area contributed by atoms with Gasteiger partial charge < -0.3 is 33.9 Å². The zero-order chi connectivity index (χ0) is 7.98. The average molecular weight is 352 g/mol. The first-order valence-electron chi connectivity index (χ1n) is 2.78. The molecular formula is C8H14O4Y2-4. The fourth-order valence-electron chi connectivity index (χ4n) is 0.343. The van der Waals surface area contributed by atoms with Crippen molar-refractivity contribution in [2.45, 2.75) is 26.1 Å². The van der Waals surface area contributed by atoms with Crippen molar-refractivity contribution in [3.63, 3.8) is 0 Å². The van der Waals surface area contributed by atoms with E-state index in [1.165, 1.54) is 12.9 Å². The van der Waals surface area contributed by atoms with Crippen LogP contribution in [0.25, 0.3) is 0 Å². The van der Waals surface area contributed by atoms with Gasteiger partial charge in [-0.2, -0.15) is 0 Å². The maximum Gasteiger partial charge on any atom is 0.0912 e. The summed E-state index contributed by atoms with van der Waals surface area (Å²) in [5.74, 6) is 0. The van der Waals surface area contributed by atoms with Crippen molar-refractivity contribution in [1.29, 1.82) is 0 Å². The Morgan fingerprint density at radius 3 is 1.21 bits per heavy atom. The molecule has 0 amide bonds. The molecule has 0 N–H and O–H groups in total. The van der Waals surface area contributed by atoms with E-state index in [4.69, 9.17) is 0 Å². The van der Waals surface area contributed by atoms with Crippen molar-refractivity contribution >= 4 is 12.9 Å². The van der Waals surface area contributed by atoms with Crippen molar-refractivity contribution in [1.82, 2.24) is 0 Å². The summed E-state index contributed by atoms with van der Waals surface area (Å²) >= 11 is 0. The minimum atomic E-state index is -0.473. The van der Waals surface area contributed by atoms with Gasteiger partial charge in [-0.05, 0) is 13.8 Å². The van der Waals surface area contributed by atoms with E-state index in [0.717, 1.165) is 0 Å². The Morgan fingerprint density at radius 1 is 0.857 bits per heavy atom. The predicted molar refractivity (Wildman–Crippen MR) is 45.3 cm³/mol. The first kappa shape index (κ1) is 29.4. The van der Waals surface area contributed by atoms with E-state index in [0.29, 0.717) is 0 Å². The third-order valence-corrected chi connectivity index (χ3v) is 1.13. The summed E-state index contributed by atoms with van der Waals surface area (Å²) in [6, 6.07) is 0. The third-order valence-electron chi connectivity index (χ3n) is 1.13. The van der Waals surface area contributed by atoms with Gasteiger partial charge in [-0.15, -0.1) is 0 Å². The Balaban J connectivity index is -0.0000000675. The summed E-state index contributed by atoms with van der Waals surface area (Å²) in [6.45, 7) is 5.67. The Morgan fingerprint density at radius 2 is 1.07 bits per heavy atom. The topological polar surface area (TPSA) is 52.6 Å². The number of ether oxygens (including phenoxy) is 2. The summed E-state index contributed by atoms with van der Waals surface area (Å²) in [5, 5.41) is 0. The van der Waals surface area contributed by atoms with Crippen molar-refractivity contribution in [2.24, 2.45) is 0 Å². The molecule has 4 nitrogen and oxygen atoms in total. The second-order valence-electron chi connectivity index (χ2n) is 1.81. The zero-order valence-corrected chi connectivity index (χ0v) is 14.6. The molecule has 0 saturated carbocycles. The third kappa shape index (κ3) is 15.6. The van der Waals surface area contributed by atoms with Gasteiger partial charge in [0.25, 0.3) is 0 Å². The smallest absolute Gasteiger partial charge is 0.0912 e. The monoisotopic (exact) mass is 352 g/mol. The van der Waals surface area contributed by atoms with Crippen LogP contribution in [0.15, 0.2) is 0 Å². The maximum atomic E-state index is 9.62. The molecule has 0 saturated heterocycles. The molecule has 0 fully saturated rings. The molecule has 0 spiro atoms. The number of rotatable bonds is 5. The van der Waals surface area contributed by atoms with Crippen LogP contribution < -0.4 is 0 Å². The molecular weight excluding hydrogens is 338 g/mol. The standard InChI is InChI=1S/C6H8O4.2CH3.2Y/c1-5(9-3-7)6(2)10-4-8;;;;/h5-6H,1-2H3;2*1H3;;/q-2;2*-1;;. The van der Waals surface area contributed by atoms with Crippen molar-refractivity contribution in [3.8, 4) is 0 Å². The fraction of sp³-hybridized carbons (Fsp3) is 0.500. The van der Waals surface area contributed by atoms with Gasteiger partial charge in [-0.3, -0.25) is 0 Å². The Hall–Kier alpha value is 1.15. The molecule has 0 aliphatic rings. The second kappa shape index (κ2) is 19.7. The van der Waals surface area contributed by atoms with E-state index in [2.05, 4.69) is 9.47 Å². The zero-order valence-electron chi connectivity index (χ0n) is 8.94. The van der Waals surface area contributed by atoms with Gasteiger partial charge in [0.05, 0.1) is 12.2 Å². The fourth-order valence-corrected chi connectivity index (χ4v) is 0.343. The molecule has 0 aromatic heterocycles. The van der Waals surface area contributed by atoms with Gasteiger partial charge in [0, 0.05) is 65.4 Å². The number of carbonyl (C=O) groups excluding carboxylic acids is 2. The molecule has 2 radical (unpaired) electrons. The Bertz CT molecular complexity index is 108. The Labute approximate surface area is 137 Å². The van der Waals surface area contributed by atoms with Gasteiger partial charge in [0.2, 0.25) is 0 Å². The van der Waals surface area contributed by atoms with Crippen LogP contribution in [0.3, 0.4) is 0 Å². The molecule has 0 aromatic rings. The van der Waals surface area contributed by atoms with E-state index < -0.39 is 12.2 Å². The van der Waals surface area contributed by atoms with Crippen LogP contribution in [0, 0.1) is 14.9 Å². The summed E-state index contributed by atoms with van der Waals surface area (Å²) < 4.78 is 8.69. The van der Waals surface area contributed by atoms with Crippen LogP contribution in [-0.4, -0.2) is 25.2 Å². The van der Waals surface area contributed by atoms with Crippen LogP contribution in [-0.2, 0) is 84.5 Å². The average Bonchev–Trinajstić information content (AvgIpc) is 1.89. The number of hydrogen-bond acceptors (Lipinski definition) is 4. The summed E-state index contributed by atoms with van der Waals surface area (Å²) in [5.41, 5.74) is 0. The van der Waals surface area contributed by atoms with Crippen LogP contribution in [0.4, 0.5) is 0 Å². The van der Waals surface area contributed by atoms with Gasteiger partial charge in [0.1, 0.15) is 0 Å². The molecule has 6 heteroatoms. The molecule has 14 heavy (non-hydrogen) atoms. The molecule has 0 aromatic carbocycles. The first-order valence-corrected chi connectivity index (χ1v) is 2.78. The van der Waals surface area contributed by atoms with Gasteiger partial charge in [-0.1, -0.05) is 12.9 Å². The molecule has 0 rings (SSSR count). The molecule has 2 atom stereocenters. The van der Waals surface area contributed by atoms with Crippen molar-refractivity contribution in [3.05, 3.63) is 14.9 Å². The van der Waals surface area contributed by atoms with E-state index in [1.54, 1.807) is 13.8 Å².